The van der Waals surface area contributed by atoms with E-state index in [1.807, 2.05) is 6.07 Å². The van der Waals surface area contributed by atoms with Crippen LogP contribution in [0.2, 0.25) is 0 Å². The SMILES string of the molecule is COCCCN1CC[C@H](Cn2cc(Oc3ccccc3)c(=O)c(C(=O)O)c2)C1. The van der Waals surface area contributed by atoms with Crippen molar-refractivity contribution in [3.8, 4) is 11.5 Å². The van der Waals surface area contributed by atoms with E-state index in [4.69, 9.17) is 9.47 Å². The third kappa shape index (κ3) is 5.21. The Bertz CT molecular complexity index is 850. The van der Waals surface area contributed by atoms with Gasteiger partial charge in [-0.05, 0) is 37.4 Å². The summed E-state index contributed by atoms with van der Waals surface area (Å²) in [6.45, 7) is 4.37. The summed E-state index contributed by atoms with van der Waals surface area (Å²) < 4.78 is 12.5. The molecule has 0 radical (unpaired) electrons. The fraction of sp³-hybridized carbons (Fsp3) is 0.429. The highest BCUT2D eigenvalue weighted by atomic mass is 16.5. The molecule has 1 saturated heterocycles. The second kappa shape index (κ2) is 9.52. The molecule has 0 aliphatic carbocycles. The second-order valence-corrected chi connectivity index (χ2v) is 7.08. The van der Waals surface area contributed by atoms with E-state index in [0.29, 0.717) is 18.2 Å². The Hall–Kier alpha value is -2.64. The molecular weight excluding hydrogens is 360 g/mol. The van der Waals surface area contributed by atoms with Crippen molar-refractivity contribution in [1.82, 2.24) is 9.47 Å². The fourth-order valence-electron chi connectivity index (χ4n) is 3.55. The maximum absolute atomic E-state index is 12.5. The molecule has 1 fully saturated rings. The average Bonchev–Trinajstić information content (AvgIpc) is 3.12. The van der Waals surface area contributed by atoms with Crippen molar-refractivity contribution in [3.63, 3.8) is 0 Å². The minimum absolute atomic E-state index is 0.0287. The van der Waals surface area contributed by atoms with Crippen LogP contribution in [-0.2, 0) is 11.3 Å². The molecule has 1 atom stereocenters. The van der Waals surface area contributed by atoms with Gasteiger partial charge in [0.25, 0.3) is 0 Å². The number of benzene rings is 1. The van der Waals surface area contributed by atoms with Gasteiger partial charge < -0.3 is 24.0 Å². The average molecular weight is 386 g/mol. The van der Waals surface area contributed by atoms with Crippen molar-refractivity contribution in [2.75, 3.05) is 33.4 Å². The first-order valence-corrected chi connectivity index (χ1v) is 9.48. The molecular formula is C21H26N2O5. The van der Waals surface area contributed by atoms with E-state index in [2.05, 4.69) is 4.90 Å². The van der Waals surface area contributed by atoms with Crippen LogP contribution in [0.25, 0.3) is 0 Å². The molecule has 2 heterocycles. The molecule has 7 heteroatoms. The first-order chi connectivity index (χ1) is 13.6. The highest BCUT2D eigenvalue weighted by Crippen LogP contribution is 2.21. The van der Waals surface area contributed by atoms with Crippen LogP contribution in [0.4, 0.5) is 0 Å². The van der Waals surface area contributed by atoms with E-state index in [-0.39, 0.29) is 11.3 Å². The summed E-state index contributed by atoms with van der Waals surface area (Å²) in [5, 5.41) is 9.42. The molecule has 1 aliphatic heterocycles. The first kappa shape index (κ1) is 20.1. The molecule has 0 saturated carbocycles. The smallest absolute Gasteiger partial charge is 0.341 e. The van der Waals surface area contributed by atoms with Gasteiger partial charge in [0.1, 0.15) is 11.3 Å². The van der Waals surface area contributed by atoms with Crippen molar-refractivity contribution in [2.24, 2.45) is 5.92 Å². The third-order valence-corrected chi connectivity index (χ3v) is 4.91. The van der Waals surface area contributed by atoms with Gasteiger partial charge in [-0.25, -0.2) is 4.79 Å². The number of aromatic carboxylic acids is 1. The molecule has 2 aromatic rings. The van der Waals surface area contributed by atoms with Gasteiger partial charge in [-0.15, -0.1) is 0 Å². The van der Waals surface area contributed by atoms with Gasteiger partial charge in [-0.1, -0.05) is 18.2 Å². The fourth-order valence-corrected chi connectivity index (χ4v) is 3.55. The molecule has 150 valence electrons. The van der Waals surface area contributed by atoms with E-state index in [1.165, 1.54) is 6.20 Å². The number of para-hydroxylation sites is 1. The Kier molecular flexibility index (Phi) is 6.84. The highest BCUT2D eigenvalue weighted by Gasteiger charge is 2.23. The number of hydrogen-bond acceptors (Lipinski definition) is 5. The number of nitrogens with zero attached hydrogens (tertiary/aromatic N) is 2. The molecule has 28 heavy (non-hydrogen) atoms. The molecule has 0 amide bonds. The van der Waals surface area contributed by atoms with E-state index in [1.54, 1.807) is 42.1 Å². The second-order valence-electron chi connectivity index (χ2n) is 7.08. The number of likely N-dealkylation sites (tertiary alicyclic amines) is 1. The number of aromatic nitrogens is 1. The van der Waals surface area contributed by atoms with Crippen molar-refractivity contribution in [2.45, 2.75) is 19.4 Å². The van der Waals surface area contributed by atoms with Gasteiger partial charge in [-0.2, -0.15) is 0 Å². The van der Waals surface area contributed by atoms with Gasteiger partial charge in [0, 0.05) is 39.5 Å². The normalized spacial score (nSPS) is 17.0. The predicted octanol–water partition coefficient (Wildman–Crippen LogP) is 2.70. The third-order valence-electron chi connectivity index (χ3n) is 4.91. The summed E-state index contributed by atoms with van der Waals surface area (Å²) in [5.74, 6) is -0.318. The lowest BCUT2D eigenvalue weighted by atomic mass is 10.1. The molecule has 0 bridgehead atoms. The zero-order valence-corrected chi connectivity index (χ0v) is 16.0. The lowest BCUT2D eigenvalue weighted by Gasteiger charge is -2.17. The van der Waals surface area contributed by atoms with Gasteiger partial charge in [0.2, 0.25) is 5.43 Å². The Labute approximate surface area is 164 Å². The van der Waals surface area contributed by atoms with Crippen LogP contribution in [-0.4, -0.2) is 53.9 Å². The van der Waals surface area contributed by atoms with Gasteiger partial charge >= 0.3 is 5.97 Å². The Morgan fingerprint density at radius 2 is 2.04 bits per heavy atom. The van der Waals surface area contributed by atoms with Gasteiger partial charge in [0.15, 0.2) is 5.75 Å². The summed E-state index contributed by atoms with van der Waals surface area (Å²) >= 11 is 0. The number of methoxy groups -OCH3 is 1. The highest BCUT2D eigenvalue weighted by molar-refractivity contribution is 5.87. The lowest BCUT2D eigenvalue weighted by Crippen LogP contribution is -2.25. The molecule has 1 aromatic carbocycles. The monoisotopic (exact) mass is 386 g/mol. The molecule has 1 aromatic heterocycles. The van der Waals surface area contributed by atoms with Crippen LogP contribution in [0.5, 0.6) is 11.5 Å². The standard InChI is InChI=1S/C21H26N2O5/c1-27-11-5-9-22-10-8-16(12-22)13-23-14-18(21(25)26)20(24)19(15-23)28-17-6-3-2-4-7-17/h2-4,6-7,14-16H,5,8-13H2,1H3,(H,25,26)/t16-/m0/s1. The Balaban J connectivity index is 1.74. The molecule has 1 aliphatic rings. The van der Waals surface area contributed by atoms with Crippen LogP contribution in [0, 0.1) is 5.92 Å². The number of carboxylic acid groups (broad SMARTS) is 1. The van der Waals surface area contributed by atoms with E-state index in [9.17, 15) is 14.7 Å². The van der Waals surface area contributed by atoms with E-state index >= 15 is 0 Å². The van der Waals surface area contributed by atoms with Crippen LogP contribution in [0.1, 0.15) is 23.2 Å². The molecule has 0 spiro atoms. The van der Waals surface area contributed by atoms with Crippen LogP contribution in [0.3, 0.4) is 0 Å². The van der Waals surface area contributed by atoms with Crippen LogP contribution < -0.4 is 10.2 Å². The maximum atomic E-state index is 12.5. The largest absolute Gasteiger partial charge is 0.477 e. The minimum atomic E-state index is -1.25. The summed E-state index contributed by atoms with van der Waals surface area (Å²) in [6, 6.07) is 8.90. The number of pyridine rings is 1. The number of rotatable bonds is 9. The molecule has 7 nitrogen and oxygen atoms in total. The Morgan fingerprint density at radius 3 is 2.75 bits per heavy atom. The quantitative estimate of drug-likeness (QED) is 0.668. The number of carbonyl (C=O) groups is 1. The van der Waals surface area contributed by atoms with Crippen molar-refractivity contribution < 1.29 is 19.4 Å². The number of carboxylic acids is 1. The predicted molar refractivity (Wildman–Crippen MR) is 105 cm³/mol. The molecule has 0 unspecified atom stereocenters. The summed E-state index contributed by atoms with van der Waals surface area (Å²) in [7, 11) is 1.71. The zero-order valence-electron chi connectivity index (χ0n) is 16.0. The maximum Gasteiger partial charge on any atom is 0.341 e. The van der Waals surface area contributed by atoms with Gasteiger partial charge in [-0.3, -0.25) is 4.79 Å². The van der Waals surface area contributed by atoms with Crippen molar-refractivity contribution in [1.29, 1.82) is 0 Å². The van der Waals surface area contributed by atoms with E-state index in [0.717, 1.165) is 39.1 Å². The summed E-state index contributed by atoms with van der Waals surface area (Å²) in [4.78, 5) is 26.4. The van der Waals surface area contributed by atoms with Crippen LogP contribution in [0.15, 0.2) is 47.5 Å². The van der Waals surface area contributed by atoms with Crippen molar-refractivity contribution >= 4 is 5.97 Å². The van der Waals surface area contributed by atoms with Gasteiger partial charge in [0.05, 0.1) is 6.20 Å². The zero-order chi connectivity index (χ0) is 19.9. The summed E-state index contributed by atoms with van der Waals surface area (Å²) in [6.07, 6.45) is 5.06. The number of hydrogen-bond donors (Lipinski definition) is 1. The topological polar surface area (TPSA) is 81.0 Å². The molecule has 1 N–H and O–H groups in total. The lowest BCUT2D eigenvalue weighted by molar-refractivity contribution is 0.0693. The first-order valence-electron chi connectivity index (χ1n) is 9.48. The molecule has 3 rings (SSSR count). The summed E-state index contributed by atoms with van der Waals surface area (Å²) in [5.41, 5.74) is -0.886. The van der Waals surface area contributed by atoms with E-state index < -0.39 is 11.4 Å². The number of ether oxygens (including phenoxy) is 2. The minimum Gasteiger partial charge on any atom is -0.477 e. The van der Waals surface area contributed by atoms with Crippen molar-refractivity contribution in [3.05, 3.63) is 58.5 Å². The van der Waals surface area contributed by atoms with Crippen LogP contribution >= 0.6 is 0 Å². The Morgan fingerprint density at radius 1 is 1.25 bits per heavy atom.